The zero-order valence-electron chi connectivity index (χ0n) is 14.6. The van der Waals surface area contributed by atoms with Crippen molar-refractivity contribution in [3.8, 4) is 11.5 Å². The van der Waals surface area contributed by atoms with Crippen molar-refractivity contribution in [2.24, 2.45) is 5.14 Å². The van der Waals surface area contributed by atoms with Gasteiger partial charge in [0.05, 0.1) is 10.9 Å². The number of carbonyl (C=O) groups excluding carboxylic acids is 1. The molecule has 2 aliphatic heterocycles. The Labute approximate surface area is 157 Å². The van der Waals surface area contributed by atoms with E-state index in [0.29, 0.717) is 31.1 Å². The highest BCUT2D eigenvalue weighted by Gasteiger charge is 2.31. The van der Waals surface area contributed by atoms with Crippen LogP contribution in [0.15, 0.2) is 47.4 Å². The Hall–Kier alpha value is -2.58. The molecular weight excluding hydrogens is 368 g/mol. The molecule has 4 rings (SSSR count). The van der Waals surface area contributed by atoms with Gasteiger partial charge in [-0.1, -0.05) is 6.07 Å². The quantitative estimate of drug-likeness (QED) is 0.868. The number of hydrogen-bond donors (Lipinski definition) is 1. The Morgan fingerprint density at radius 3 is 2.44 bits per heavy atom. The molecule has 27 heavy (non-hydrogen) atoms. The van der Waals surface area contributed by atoms with Crippen LogP contribution in [0.25, 0.3) is 0 Å². The second-order valence-corrected chi connectivity index (χ2v) is 8.19. The average Bonchev–Trinajstić information content (AvgIpc) is 3.16. The van der Waals surface area contributed by atoms with Crippen LogP contribution in [0.3, 0.4) is 0 Å². The standard InChI is InChI=1S/C19H20N2O5S/c20-27(23,24)15-6-3-13(4-7-15)19(22)21-9-1-2-16(21)14-5-8-17-18(12-14)26-11-10-25-17/h3-8,12,16H,1-2,9-11H2,(H2,20,23,24)/t16-/m0/s1. The lowest BCUT2D eigenvalue weighted by molar-refractivity contribution is 0.0735. The highest BCUT2D eigenvalue weighted by Crippen LogP contribution is 2.38. The van der Waals surface area contributed by atoms with E-state index in [9.17, 15) is 13.2 Å². The Balaban J connectivity index is 1.58. The summed E-state index contributed by atoms with van der Waals surface area (Å²) in [5.74, 6) is 1.29. The fourth-order valence-corrected chi connectivity index (χ4v) is 4.09. The molecule has 0 radical (unpaired) electrons. The molecule has 0 aromatic heterocycles. The van der Waals surface area contributed by atoms with Crippen LogP contribution in [0.5, 0.6) is 11.5 Å². The van der Waals surface area contributed by atoms with Gasteiger partial charge in [0, 0.05) is 12.1 Å². The summed E-state index contributed by atoms with van der Waals surface area (Å²) in [5.41, 5.74) is 1.44. The third kappa shape index (κ3) is 3.50. The van der Waals surface area contributed by atoms with Crippen molar-refractivity contribution in [2.75, 3.05) is 19.8 Å². The molecule has 7 nitrogen and oxygen atoms in total. The van der Waals surface area contributed by atoms with Crippen molar-refractivity contribution in [3.63, 3.8) is 0 Å². The average molecular weight is 388 g/mol. The maximum absolute atomic E-state index is 13.0. The van der Waals surface area contributed by atoms with Crippen LogP contribution in [0, 0.1) is 0 Å². The number of sulfonamides is 1. The van der Waals surface area contributed by atoms with Crippen molar-refractivity contribution in [1.29, 1.82) is 0 Å². The summed E-state index contributed by atoms with van der Waals surface area (Å²) in [5, 5.41) is 5.11. The molecule has 1 fully saturated rings. The topological polar surface area (TPSA) is 98.9 Å². The molecule has 2 aromatic rings. The molecule has 0 saturated carbocycles. The number of primary sulfonamides is 1. The third-order valence-corrected chi connectivity index (χ3v) is 5.82. The van der Waals surface area contributed by atoms with E-state index in [1.54, 1.807) is 0 Å². The van der Waals surface area contributed by atoms with E-state index in [2.05, 4.69) is 0 Å². The first-order valence-corrected chi connectivity index (χ1v) is 10.3. The van der Waals surface area contributed by atoms with Crippen LogP contribution >= 0.6 is 0 Å². The Bertz CT molecular complexity index is 972. The number of nitrogens with zero attached hydrogens (tertiary/aromatic N) is 1. The third-order valence-electron chi connectivity index (χ3n) is 4.89. The number of fused-ring (bicyclic) bond motifs is 1. The summed E-state index contributed by atoms with van der Waals surface area (Å²) in [4.78, 5) is 14.8. The molecule has 0 unspecified atom stereocenters. The number of hydrogen-bond acceptors (Lipinski definition) is 5. The van der Waals surface area contributed by atoms with Crippen LogP contribution in [0.4, 0.5) is 0 Å². The van der Waals surface area contributed by atoms with Gasteiger partial charge in [-0.3, -0.25) is 4.79 Å². The van der Waals surface area contributed by atoms with Gasteiger partial charge in [-0.25, -0.2) is 13.6 Å². The number of benzene rings is 2. The second-order valence-electron chi connectivity index (χ2n) is 6.63. The molecule has 0 spiro atoms. The van der Waals surface area contributed by atoms with Gasteiger partial charge in [0.2, 0.25) is 10.0 Å². The molecule has 0 aliphatic carbocycles. The van der Waals surface area contributed by atoms with Crippen molar-refractivity contribution in [1.82, 2.24) is 4.90 Å². The first-order valence-electron chi connectivity index (χ1n) is 8.77. The van der Waals surface area contributed by atoms with Crippen LogP contribution in [-0.2, 0) is 10.0 Å². The molecule has 142 valence electrons. The molecule has 1 atom stereocenters. The number of likely N-dealkylation sites (tertiary alicyclic amines) is 1. The first-order chi connectivity index (χ1) is 12.9. The fraction of sp³-hybridized carbons (Fsp3) is 0.316. The van der Waals surface area contributed by atoms with E-state index in [-0.39, 0.29) is 16.8 Å². The van der Waals surface area contributed by atoms with Crippen LogP contribution < -0.4 is 14.6 Å². The predicted octanol–water partition coefficient (Wildman–Crippen LogP) is 2.08. The van der Waals surface area contributed by atoms with E-state index in [1.807, 2.05) is 23.1 Å². The summed E-state index contributed by atoms with van der Waals surface area (Å²) in [7, 11) is -3.78. The van der Waals surface area contributed by atoms with Gasteiger partial charge in [-0.15, -0.1) is 0 Å². The summed E-state index contributed by atoms with van der Waals surface area (Å²) in [6.45, 7) is 1.70. The molecular formula is C19H20N2O5S. The molecule has 2 N–H and O–H groups in total. The van der Waals surface area contributed by atoms with Crippen molar-refractivity contribution in [3.05, 3.63) is 53.6 Å². The van der Waals surface area contributed by atoms with E-state index >= 15 is 0 Å². The zero-order valence-corrected chi connectivity index (χ0v) is 15.4. The van der Waals surface area contributed by atoms with E-state index in [1.165, 1.54) is 24.3 Å². The zero-order chi connectivity index (χ0) is 19.0. The van der Waals surface area contributed by atoms with Crippen LogP contribution in [0.2, 0.25) is 0 Å². The van der Waals surface area contributed by atoms with Crippen LogP contribution in [0.1, 0.15) is 34.8 Å². The van der Waals surface area contributed by atoms with Gasteiger partial charge in [0.25, 0.3) is 5.91 Å². The smallest absolute Gasteiger partial charge is 0.254 e. The van der Waals surface area contributed by atoms with Gasteiger partial charge < -0.3 is 14.4 Å². The molecule has 2 aliphatic rings. The second kappa shape index (κ2) is 6.86. The highest BCUT2D eigenvalue weighted by atomic mass is 32.2. The maximum atomic E-state index is 13.0. The molecule has 8 heteroatoms. The monoisotopic (exact) mass is 388 g/mol. The van der Waals surface area contributed by atoms with Crippen molar-refractivity contribution >= 4 is 15.9 Å². The van der Waals surface area contributed by atoms with Crippen molar-refractivity contribution in [2.45, 2.75) is 23.8 Å². The summed E-state index contributed by atoms with van der Waals surface area (Å²) < 4.78 is 34.0. The van der Waals surface area contributed by atoms with E-state index in [4.69, 9.17) is 14.6 Å². The molecule has 2 heterocycles. The first kappa shape index (κ1) is 17.8. The van der Waals surface area contributed by atoms with E-state index in [0.717, 1.165) is 24.2 Å². The number of carbonyl (C=O) groups is 1. The van der Waals surface area contributed by atoms with Crippen molar-refractivity contribution < 1.29 is 22.7 Å². The Morgan fingerprint density at radius 2 is 1.74 bits per heavy atom. The predicted molar refractivity (Wildman–Crippen MR) is 98.3 cm³/mol. The van der Waals surface area contributed by atoms with Gasteiger partial charge >= 0.3 is 0 Å². The minimum atomic E-state index is -3.78. The molecule has 0 bridgehead atoms. The van der Waals surface area contributed by atoms with Gasteiger partial charge in [0.1, 0.15) is 13.2 Å². The largest absolute Gasteiger partial charge is 0.486 e. The SMILES string of the molecule is NS(=O)(=O)c1ccc(C(=O)N2CCC[C@H]2c2ccc3c(c2)OCCO3)cc1. The fourth-order valence-electron chi connectivity index (χ4n) is 3.58. The number of ether oxygens (including phenoxy) is 2. The molecule has 1 amide bonds. The summed E-state index contributed by atoms with van der Waals surface area (Å²) >= 11 is 0. The number of rotatable bonds is 3. The Morgan fingerprint density at radius 1 is 1.04 bits per heavy atom. The maximum Gasteiger partial charge on any atom is 0.254 e. The van der Waals surface area contributed by atoms with Gasteiger partial charge in [-0.2, -0.15) is 0 Å². The highest BCUT2D eigenvalue weighted by molar-refractivity contribution is 7.89. The van der Waals surface area contributed by atoms with Crippen LogP contribution in [-0.4, -0.2) is 39.0 Å². The lowest BCUT2D eigenvalue weighted by Crippen LogP contribution is -2.30. The van der Waals surface area contributed by atoms with E-state index < -0.39 is 10.0 Å². The van der Waals surface area contributed by atoms with Gasteiger partial charge in [-0.05, 0) is 54.8 Å². The minimum Gasteiger partial charge on any atom is -0.486 e. The summed E-state index contributed by atoms with van der Waals surface area (Å²) in [6, 6.07) is 11.5. The molecule has 1 saturated heterocycles. The normalized spacial score (nSPS) is 19.1. The number of nitrogens with two attached hydrogens (primary N) is 1. The molecule has 2 aromatic carbocycles. The van der Waals surface area contributed by atoms with Gasteiger partial charge in [0.15, 0.2) is 11.5 Å². The lowest BCUT2D eigenvalue weighted by Gasteiger charge is -2.27. The Kier molecular flexibility index (Phi) is 4.53. The number of amides is 1. The summed E-state index contributed by atoms with van der Waals surface area (Å²) in [6.07, 6.45) is 1.76. The lowest BCUT2D eigenvalue weighted by atomic mass is 10.0. The minimum absolute atomic E-state index is 0.0103.